The number of phenolic OH excluding ortho intramolecular Hbond substituents is 1. The Labute approximate surface area is 148 Å². The first-order valence-electron chi connectivity index (χ1n) is 8.01. The van der Waals surface area contributed by atoms with Crippen molar-refractivity contribution in [3.63, 3.8) is 0 Å². The average molecular weight is 349 g/mol. The maximum Gasteiger partial charge on any atom is 0.161 e. The second-order valence-corrected chi connectivity index (χ2v) is 5.94. The normalized spacial score (nSPS) is 10.8. The Hall–Kier alpha value is -3.61. The molecular weight excluding hydrogens is 333 g/mol. The van der Waals surface area contributed by atoms with Crippen molar-refractivity contribution in [2.24, 2.45) is 0 Å². The van der Waals surface area contributed by atoms with Crippen molar-refractivity contribution in [3.05, 3.63) is 72.3 Å². The summed E-state index contributed by atoms with van der Waals surface area (Å²) in [6.45, 7) is 1.91. The molecule has 4 aromatic rings. The van der Waals surface area contributed by atoms with Crippen molar-refractivity contribution >= 4 is 11.5 Å². The summed E-state index contributed by atoms with van der Waals surface area (Å²) in [6.07, 6.45) is 2.50. The van der Waals surface area contributed by atoms with Gasteiger partial charge in [0, 0.05) is 11.8 Å². The predicted molar refractivity (Wildman–Crippen MR) is 97.2 cm³/mol. The Morgan fingerprint density at radius 2 is 1.92 bits per heavy atom. The van der Waals surface area contributed by atoms with E-state index in [1.54, 1.807) is 18.2 Å². The Balaban J connectivity index is 1.54. The van der Waals surface area contributed by atoms with Crippen LogP contribution in [0.3, 0.4) is 0 Å². The molecule has 26 heavy (non-hydrogen) atoms. The van der Waals surface area contributed by atoms with Gasteiger partial charge in [-0.3, -0.25) is 5.10 Å². The van der Waals surface area contributed by atoms with E-state index in [1.165, 1.54) is 17.1 Å². The van der Waals surface area contributed by atoms with E-state index in [2.05, 4.69) is 20.6 Å². The number of benzene rings is 2. The van der Waals surface area contributed by atoms with Crippen LogP contribution in [0.25, 0.3) is 16.9 Å². The number of rotatable bonds is 4. The summed E-state index contributed by atoms with van der Waals surface area (Å²) in [5.41, 5.74) is 4.36. The number of nitrogens with zero attached hydrogens (tertiary/aromatic N) is 3. The van der Waals surface area contributed by atoms with Crippen LogP contribution in [0.4, 0.5) is 15.9 Å². The first-order valence-corrected chi connectivity index (χ1v) is 8.01. The molecule has 0 saturated carbocycles. The third kappa shape index (κ3) is 3.14. The number of anilines is 2. The molecule has 6 nitrogen and oxygen atoms in total. The first kappa shape index (κ1) is 15.9. The molecule has 0 fully saturated rings. The molecule has 0 unspecified atom stereocenters. The van der Waals surface area contributed by atoms with Gasteiger partial charge in [-0.2, -0.15) is 10.2 Å². The molecule has 2 aromatic carbocycles. The number of aromatic nitrogens is 4. The van der Waals surface area contributed by atoms with Crippen LogP contribution in [0.5, 0.6) is 5.75 Å². The smallest absolute Gasteiger partial charge is 0.161 e. The van der Waals surface area contributed by atoms with Gasteiger partial charge in [0.25, 0.3) is 0 Å². The maximum atomic E-state index is 13.1. The van der Waals surface area contributed by atoms with Crippen LogP contribution in [-0.2, 0) is 0 Å². The van der Waals surface area contributed by atoms with Crippen LogP contribution in [0.15, 0.2) is 60.9 Å². The number of aromatic hydroxyl groups is 1. The molecular formula is C19H16FN5O. The number of halogens is 1. The van der Waals surface area contributed by atoms with E-state index in [-0.39, 0.29) is 11.6 Å². The molecule has 3 N–H and O–H groups in total. The second kappa shape index (κ2) is 6.36. The van der Waals surface area contributed by atoms with E-state index >= 15 is 0 Å². The Morgan fingerprint density at radius 3 is 2.62 bits per heavy atom. The van der Waals surface area contributed by atoms with Crippen LogP contribution < -0.4 is 5.32 Å². The molecule has 0 bridgehead atoms. The zero-order chi connectivity index (χ0) is 18.1. The minimum atomic E-state index is -0.372. The predicted octanol–water partition coefficient (Wildman–Crippen LogP) is 4.16. The van der Waals surface area contributed by atoms with Crippen molar-refractivity contribution in [1.82, 2.24) is 20.0 Å². The third-order valence-corrected chi connectivity index (χ3v) is 4.04. The van der Waals surface area contributed by atoms with Gasteiger partial charge in [-0.15, -0.1) is 0 Å². The minimum Gasteiger partial charge on any atom is -0.508 e. The minimum absolute atomic E-state index is 0.230. The molecule has 0 aliphatic rings. The lowest BCUT2D eigenvalue weighted by molar-refractivity contribution is 0.475. The largest absolute Gasteiger partial charge is 0.508 e. The van der Waals surface area contributed by atoms with Gasteiger partial charge < -0.3 is 10.4 Å². The van der Waals surface area contributed by atoms with Crippen LogP contribution in [0.1, 0.15) is 5.56 Å². The van der Waals surface area contributed by atoms with Crippen LogP contribution in [0, 0.1) is 12.7 Å². The van der Waals surface area contributed by atoms with E-state index in [0.29, 0.717) is 5.82 Å². The Morgan fingerprint density at radius 1 is 1.12 bits per heavy atom. The molecule has 2 heterocycles. The van der Waals surface area contributed by atoms with E-state index in [4.69, 9.17) is 0 Å². The van der Waals surface area contributed by atoms with Gasteiger partial charge in [-0.1, -0.05) is 12.1 Å². The summed E-state index contributed by atoms with van der Waals surface area (Å²) in [5, 5.41) is 23.9. The summed E-state index contributed by atoms with van der Waals surface area (Å²) < 4.78 is 14.6. The first-order chi connectivity index (χ1) is 12.6. The molecule has 0 amide bonds. The zero-order valence-electron chi connectivity index (χ0n) is 13.9. The highest BCUT2D eigenvalue weighted by Crippen LogP contribution is 2.26. The SMILES string of the molecule is Cc1cc(O)ccc1Nc1cc(-c2ccc(-n3cc(F)cn3)cc2)[nH]n1. The lowest BCUT2D eigenvalue weighted by Gasteiger charge is -2.06. The quantitative estimate of drug-likeness (QED) is 0.484. The number of hydrogen-bond donors (Lipinski definition) is 3. The average Bonchev–Trinajstić information content (AvgIpc) is 3.27. The number of phenols is 1. The van der Waals surface area contributed by atoms with Crippen molar-refractivity contribution in [3.8, 4) is 22.7 Å². The van der Waals surface area contributed by atoms with Crippen LogP contribution in [0.2, 0.25) is 0 Å². The van der Waals surface area contributed by atoms with Crippen LogP contribution in [-0.4, -0.2) is 25.1 Å². The van der Waals surface area contributed by atoms with E-state index < -0.39 is 0 Å². The summed E-state index contributed by atoms with van der Waals surface area (Å²) in [4.78, 5) is 0. The second-order valence-electron chi connectivity index (χ2n) is 5.94. The molecule has 0 atom stereocenters. The molecule has 0 saturated heterocycles. The Kier molecular flexibility index (Phi) is 3.89. The molecule has 0 spiro atoms. The van der Waals surface area contributed by atoms with E-state index in [0.717, 1.165) is 28.2 Å². The van der Waals surface area contributed by atoms with Gasteiger partial charge in [0.2, 0.25) is 0 Å². The zero-order valence-corrected chi connectivity index (χ0v) is 13.9. The fraction of sp³-hybridized carbons (Fsp3) is 0.0526. The van der Waals surface area contributed by atoms with Gasteiger partial charge in [0.05, 0.1) is 23.8 Å². The van der Waals surface area contributed by atoms with Crippen LogP contribution >= 0.6 is 0 Å². The molecule has 7 heteroatoms. The highest BCUT2D eigenvalue weighted by molar-refractivity contribution is 5.68. The lowest BCUT2D eigenvalue weighted by Crippen LogP contribution is -1.93. The Bertz CT molecular complexity index is 1050. The number of H-pyrrole nitrogens is 1. The van der Waals surface area contributed by atoms with E-state index in [9.17, 15) is 9.50 Å². The fourth-order valence-corrected chi connectivity index (χ4v) is 2.70. The van der Waals surface area contributed by atoms with Crippen molar-refractivity contribution in [2.75, 3.05) is 5.32 Å². The lowest BCUT2D eigenvalue weighted by atomic mass is 10.1. The fourth-order valence-electron chi connectivity index (χ4n) is 2.70. The molecule has 0 aliphatic heterocycles. The number of aromatic amines is 1. The summed E-state index contributed by atoms with van der Waals surface area (Å²) >= 11 is 0. The summed E-state index contributed by atoms with van der Waals surface area (Å²) in [7, 11) is 0. The molecule has 130 valence electrons. The monoisotopic (exact) mass is 349 g/mol. The van der Waals surface area contributed by atoms with Gasteiger partial charge in [-0.25, -0.2) is 9.07 Å². The van der Waals surface area contributed by atoms with Crippen molar-refractivity contribution in [2.45, 2.75) is 6.92 Å². The maximum absolute atomic E-state index is 13.1. The number of nitrogens with one attached hydrogen (secondary N) is 2. The number of aryl methyl sites for hydroxylation is 1. The molecule has 0 radical (unpaired) electrons. The standard InChI is InChI=1S/C19H16FN5O/c1-12-8-16(26)6-7-17(12)22-19-9-18(23-24-19)13-2-4-15(5-3-13)25-11-14(20)10-21-25/h2-11,26H,1H3,(H2,22,23,24). The summed E-state index contributed by atoms with van der Waals surface area (Å²) in [5.74, 6) is 0.530. The van der Waals surface area contributed by atoms with Gasteiger partial charge in [0.15, 0.2) is 11.6 Å². The molecule has 2 aromatic heterocycles. The summed E-state index contributed by atoms with van der Waals surface area (Å²) in [6, 6.07) is 14.6. The third-order valence-electron chi connectivity index (χ3n) is 4.04. The molecule has 0 aliphatic carbocycles. The number of hydrogen-bond acceptors (Lipinski definition) is 4. The van der Waals surface area contributed by atoms with Crippen molar-refractivity contribution in [1.29, 1.82) is 0 Å². The van der Waals surface area contributed by atoms with Gasteiger partial charge in [0.1, 0.15) is 5.75 Å². The molecule has 4 rings (SSSR count). The highest BCUT2D eigenvalue weighted by Gasteiger charge is 2.07. The van der Waals surface area contributed by atoms with E-state index in [1.807, 2.05) is 37.3 Å². The van der Waals surface area contributed by atoms with Gasteiger partial charge >= 0.3 is 0 Å². The van der Waals surface area contributed by atoms with Gasteiger partial charge in [-0.05, 0) is 48.4 Å². The van der Waals surface area contributed by atoms with Crippen molar-refractivity contribution < 1.29 is 9.50 Å². The topological polar surface area (TPSA) is 78.8 Å². The highest BCUT2D eigenvalue weighted by atomic mass is 19.1.